The molecule has 1 unspecified atom stereocenters. The first-order chi connectivity index (χ1) is 16.9. The summed E-state index contributed by atoms with van der Waals surface area (Å²) < 4.78 is 0. The summed E-state index contributed by atoms with van der Waals surface area (Å²) in [4.78, 5) is 8.25. The monoisotopic (exact) mass is 471 g/mol. The van der Waals surface area contributed by atoms with Gasteiger partial charge in [0.15, 0.2) is 0 Å². The summed E-state index contributed by atoms with van der Waals surface area (Å²) in [7, 11) is 6.23. The Bertz CT molecular complexity index is 1240. The van der Waals surface area contributed by atoms with E-state index in [1.165, 1.54) is 37.7 Å². The van der Waals surface area contributed by atoms with Crippen molar-refractivity contribution in [3.05, 3.63) is 71.0 Å². The summed E-state index contributed by atoms with van der Waals surface area (Å²) in [6.45, 7) is 4.42. The maximum absolute atomic E-state index is 8.85. The van der Waals surface area contributed by atoms with Crippen LogP contribution < -0.4 is 11.1 Å². The first-order valence-electron chi connectivity index (χ1n) is 12.2. The number of anilines is 1. The normalized spacial score (nSPS) is 17.1. The summed E-state index contributed by atoms with van der Waals surface area (Å²) >= 11 is 0. The molecule has 1 atom stereocenters. The number of aromatic nitrogens is 1. The predicted molar refractivity (Wildman–Crippen MR) is 147 cm³/mol. The van der Waals surface area contributed by atoms with E-state index in [2.05, 4.69) is 52.4 Å². The van der Waals surface area contributed by atoms with Crippen LogP contribution in [0.2, 0.25) is 0 Å². The fourth-order valence-corrected chi connectivity index (χ4v) is 5.12. The van der Waals surface area contributed by atoms with Gasteiger partial charge in [0, 0.05) is 66.8 Å². The van der Waals surface area contributed by atoms with Crippen LogP contribution in [-0.4, -0.2) is 67.5 Å². The summed E-state index contributed by atoms with van der Waals surface area (Å²) in [5, 5.41) is 20.6. The minimum Gasteiger partial charge on any atom is -0.398 e. The highest BCUT2D eigenvalue weighted by Crippen LogP contribution is 2.25. The molecule has 2 heterocycles. The Hall–Kier alpha value is -3.42. The molecular weight excluding hydrogens is 434 g/mol. The Kier molecular flexibility index (Phi) is 7.68. The average Bonchev–Trinajstić information content (AvgIpc) is 3.26. The van der Waals surface area contributed by atoms with Gasteiger partial charge in [-0.3, -0.25) is 5.41 Å². The van der Waals surface area contributed by atoms with Crippen LogP contribution in [0.15, 0.2) is 48.7 Å². The van der Waals surface area contributed by atoms with Crippen molar-refractivity contribution in [1.82, 2.24) is 20.1 Å². The Morgan fingerprint density at radius 1 is 1.26 bits per heavy atom. The molecule has 0 spiro atoms. The molecule has 0 aliphatic carbocycles. The van der Waals surface area contributed by atoms with Crippen molar-refractivity contribution in [2.45, 2.75) is 19.4 Å². The van der Waals surface area contributed by atoms with Crippen LogP contribution in [0, 0.1) is 16.7 Å². The predicted octanol–water partition coefficient (Wildman–Crippen LogP) is 4.15. The SMILES string of the molecule is CN/C=C(\C=N)c1ccc(N)c(C(=N)c2cc3cc(CN(C)CC4CCCN(C)C4)ccc3[nH]2)c1. The number of aromatic amines is 1. The number of nitrogens with one attached hydrogen (secondary N) is 4. The maximum Gasteiger partial charge on any atom is 0.0868 e. The Balaban J connectivity index is 1.52. The van der Waals surface area contributed by atoms with Gasteiger partial charge in [-0.2, -0.15) is 0 Å². The molecule has 0 bridgehead atoms. The fourth-order valence-electron chi connectivity index (χ4n) is 5.12. The summed E-state index contributed by atoms with van der Waals surface area (Å²) in [5.74, 6) is 0.735. The number of benzene rings is 2. The third-order valence-corrected chi connectivity index (χ3v) is 6.81. The van der Waals surface area contributed by atoms with Crippen molar-refractivity contribution < 1.29 is 0 Å². The van der Waals surface area contributed by atoms with Gasteiger partial charge in [0.25, 0.3) is 0 Å². The van der Waals surface area contributed by atoms with Crippen molar-refractivity contribution in [2.24, 2.45) is 5.92 Å². The Morgan fingerprint density at radius 3 is 2.83 bits per heavy atom. The number of nitrogen functional groups attached to an aromatic ring is 1. The van der Waals surface area contributed by atoms with Gasteiger partial charge < -0.3 is 31.2 Å². The van der Waals surface area contributed by atoms with Crippen molar-refractivity contribution in [1.29, 1.82) is 10.8 Å². The second-order valence-electron chi connectivity index (χ2n) is 9.78. The van der Waals surface area contributed by atoms with Gasteiger partial charge >= 0.3 is 0 Å². The molecule has 7 nitrogen and oxygen atoms in total. The van der Waals surface area contributed by atoms with E-state index in [-0.39, 0.29) is 0 Å². The minimum atomic E-state index is 0.342. The lowest BCUT2D eigenvalue weighted by Crippen LogP contribution is -2.37. The van der Waals surface area contributed by atoms with Crippen LogP contribution in [-0.2, 0) is 6.54 Å². The topological polar surface area (TPSA) is 108 Å². The van der Waals surface area contributed by atoms with Gasteiger partial charge in [0.05, 0.1) is 11.4 Å². The van der Waals surface area contributed by atoms with Crippen molar-refractivity contribution in [3.63, 3.8) is 0 Å². The van der Waals surface area contributed by atoms with E-state index in [4.69, 9.17) is 16.6 Å². The van der Waals surface area contributed by atoms with Gasteiger partial charge in [-0.05, 0) is 80.9 Å². The summed E-state index contributed by atoms with van der Waals surface area (Å²) in [5.41, 5.74) is 12.4. The molecule has 3 aromatic rings. The lowest BCUT2D eigenvalue weighted by atomic mass is 9.98. The van der Waals surface area contributed by atoms with E-state index >= 15 is 0 Å². The smallest absolute Gasteiger partial charge is 0.0868 e. The number of hydrogen-bond acceptors (Lipinski definition) is 6. The van der Waals surface area contributed by atoms with E-state index in [0.29, 0.717) is 17.0 Å². The van der Waals surface area contributed by atoms with Gasteiger partial charge in [-0.1, -0.05) is 12.1 Å². The molecule has 4 rings (SSSR count). The molecule has 1 saturated heterocycles. The summed E-state index contributed by atoms with van der Waals surface area (Å²) in [6, 6.07) is 14.1. The first-order valence-corrected chi connectivity index (χ1v) is 12.2. The molecule has 2 aromatic carbocycles. The van der Waals surface area contributed by atoms with E-state index in [0.717, 1.165) is 46.7 Å². The number of H-pyrrole nitrogens is 1. The van der Waals surface area contributed by atoms with Crippen LogP contribution in [0.3, 0.4) is 0 Å². The molecule has 0 saturated carbocycles. The number of likely N-dealkylation sites (tertiary alicyclic amines) is 1. The number of fused-ring (bicyclic) bond motifs is 1. The van der Waals surface area contributed by atoms with Gasteiger partial charge in [-0.25, -0.2) is 0 Å². The second kappa shape index (κ2) is 10.9. The molecule has 7 heteroatoms. The van der Waals surface area contributed by atoms with Crippen LogP contribution in [0.1, 0.15) is 35.2 Å². The van der Waals surface area contributed by atoms with Crippen LogP contribution in [0.25, 0.3) is 16.5 Å². The van der Waals surface area contributed by atoms with Gasteiger partial charge in [0.2, 0.25) is 0 Å². The third kappa shape index (κ3) is 5.81. The number of hydrogen-bond donors (Lipinski definition) is 5. The highest BCUT2D eigenvalue weighted by atomic mass is 15.1. The molecule has 6 N–H and O–H groups in total. The molecule has 1 aliphatic heterocycles. The average molecular weight is 472 g/mol. The standard InChI is InChI=1S/C28H37N7/c1-32-15-23(14-29)21-7-8-25(30)24(12-21)28(31)27-13-22-11-19(6-9-26(22)33-27)16-35(3)18-20-5-4-10-34(2)17-20/h6-9,11-15,20,29,31-33H,4-5,10,16-18,30H2,1-3H3/b23-15+,29-14?,31-28?. The molecular formula is C28H37N7. The van der Waals surface area contributed by atoms with Crippen molar-refractivity contribution in [3.8, 4) is 0 Å². The number of nitrogens with zero attached hydrogens (tertiary/aromatic N) is 2. The molecule has 0 amide bonds. The summed E-state index contributed by atoms with van der Waals surface area (Å²) in [6.07, 6.45) is 5.66. The van der Waals surface area contributed by atoms with Crippen molar-refractivity contribution in [2.75, 3.05) is 46.5 Å². The molecule has 1 fully saturated rings. The van der Waals surface area contributed by atoms with Gasteiger partial charge in [-0.15, -0.1) is 0 Å². The lowest BCUT2D eigenvalue weighted by molar-refractivity contribution is 0.164. The number of piperidine rings is 1. The van der Waals surface area contributed by atoms with E-state index in [1.54, 1.807) is 19.3 Å². The molecule has 1 aromatic heterocycles. The maximum atomic E-state index is 8.85. The Morgan fingerprint density at radius 2 is 2.09 bits per heavy atom. The number of allylic oxidation sites excluding steroid dienone is 1. The van der Waals surface area contributed by atoms with Crippen molar-refractivity contribution >= 4 is 34.1 Å². The molecule has 35 heavy (non-hydrogen) atoms. The second-order valence-corrected chi connectivity index (χ2v) is 9.78. The number of nitrogens with two attached hydrogens (primary N) is 1. The number of rotatable bonds is 9. The minimum absolute atomic E-state index is 0.342. The lowest BCUT2D eigenvalue weighted by Gasteiger charge is -2.32. The molecule has 184 valence electrons. The van der Waals surface area contributed by atoms with Crippen LogP contribution >= 0.6 is 0 Å². The first kappa shape index (κ1) is 24.7. The van der Waals surface area contributed by atoms with Crippen LogP contribution in [0.5, 0.6) is 0 Å². The highest BCUT2D eigenvalue weighted by Gasteiger charge is 2.19. The van der Waals surface area contributed by atoms with E-state index < -0.39 is 0 Å². The van der Waals surface area contributed by atoms with Gasteiger partial charge in [0.1, 0.15) is 0 Å². The largest absolute Gasteiger partial charge is 0.398 e. The molecule has 1 aliphatic rings. The zero-order chi connectivity index (χ0) is 24.9. The van der Waals surface area contributed by atoms with E-state index in [1.807, 2.05) is 18.2 Å². The Labute approximate surface area is 208 Å². The third-order valence-electron chi connectivity index (χ3n) is 6.81. The highest BCUT2D eigenvalue weighted by molar-refractivity contribution is 6.16. The fraction of sp³-hybridized carbons (Fsp3) is 0.357. The zero-order valence-electron chi connectivity index (χ0n) is 21.0. The van der Waals surface area contributed by atoms with E-state index in [9.17, 15) is 0 Å². The zero-order valence-corrected chi connectivity index (χ0v) is 21.0. The van der Waals surface area contributed by atoms with Crippen LogP contribution in [0.4, 0.5) is 5.69 Å². The quantitative estimate of drug-likeness (QED) is 0.239. The molecule has 0 radical (unpaired) electrons.